The van der Waals surface area contributed by atoms with E-state index in [1.54, 1.807) is 25.1 Å². The van der Waals surface area contributed by atoms with Crippen molar-refractivity contribution >= 4 is 38.9 Å². The summed E-state index contributed by atoms with van der Waals surface area (Å²) in [7, 11) is -3.81. The minimum absolute atomic E-state index is 0.0184. The van der Waals surface area contributed by atoms with Crippen molar-refractivity contribution in [3.63, 3.8) is 0 Å². The molecule has 0 saturated carbocycles. The molecular formula is C25H24Cl2N2O3S. The maximum atomic E-state index is 13.4. The van der Waals surface area contributed by atoms with Crippen LogP contribution >= 0.6 is 23.2 Å². The Morgan fingerprint density at radius 3 is 2.55 bits per heavy atom. The van der Waals surface area contributed by atoms with E-state index in [1.165, 1.54) is 12.1 Å². The van der Waals surface area contributed by atoms with E-state index in [-0.39, 0.29) is 39.0 Å². The Morgan fingerprint density at radius 2 is 1.79 bits per heavy atom. The van der Waals surface area contributed by atoms with Gasteiger partial charge in [0.25, 0.3) is 5.91 Å². The van der Waals surface area contributed by atoms with Gasteiger partial charge < -0.3 is 4.90 Å². The molecule has 8 heteroatoms. The number of hydrogen-bond acceptors (Lipinski definition) is 4. The molecule has 1 atom stereocenters. The van der Waals surface area contributed by atoms with Crippen LogP contribution in [-0.4, -0.2) is 30.8 Å². The fraction of sp³-hybridized carbons (Fsp3) is 0.280. The van der Waals surface area contributed by atoms with E-state index < -0.39 is 9.84 Å². The second kappa shape index (κ2) is 9.84. The van der Waals surface area contributed by atoms with Crippen molar-refractivity contribution < 1.29 is 13.2 Å². The summed E-state index contributed by atoms with van der Waals surface area (Å²) in [6.07, 6.45) is 2.86. The lowest BCUT2D eigenvalue weighted by Crippen LogP contribution is -2.39. The summed E-state index contributed by atoms with van der Waals surface area (Å²) in [4.78, 5) is 19.6. The van der Waals surface area contributed by atoms with Crippen LogP contribution in [0.15, 0.2) is 65.6 Å². The average molecular weight is 503 g/mol. The van der Waals surface area contributed by atoms with Gasteiger partial charge in [-0.15, -0.1) is 0 Å². The van der Waals surface area contributed by atoms with E-state index in [9.17, 15) is 13.2 Å². The minimum Gasteiger partial charge on any atom is -0.330 e. The van der Waals surface area contributed by atoms with E-state index >= 15 is 0 Å². The highest BCUT2D eigenvalue weighted by atomic mass is 35.5. The summed E-state index contributed by atoms with van der Waals surface area (Å²) in [5, 5.41) is 0.440. The minimum atomic E-state index is -3.81. The molecule has 33 heavy (non-hydrogen) atoms. The highest BCUT2D eigenvalue weighted by molar-refractivity contribution is 7.90. The molecule has 2 aromatic carbocycles. The number of aromatic nitrogens is 1. The number of piperidine rings is 1. The Labute approximate surface area is 204 Å². The normalized spacial score (nSPS) is 16.6. The summed E-state index contributed by atoms with van der Waals surface area (Å²) in [5.74, 6) is -0.575. The predicted octanol–water partition coefficient (Wildman–Crippen LogP) is 6.04. The molecule has 5 nitrogen and oxygen atoms in total. The largest absolute Gasteiger partial charge is 0.330 e. The Morgan fingerprint density at radius 1 is 1.03 bits per heavy atom. The van der Waals surface area contributed by atoms with Gasteiger partial charge in [0.1, 0.15) is 5.69 Å². The molecule has 1 aliphatic rings. The predicted molar refractivity (Wildman–Crippen MR) is 130 cm³/mol. The number of benzene rings is 2. The van der Waals surface area contributed by atoms with Crippen molar-refractivity contribution in [1.29, 1.82) is 0 Å². The zero-order valence-corrected chi connectivity index (χ0v) is 20.5. The summed E-state index contributed by atoms with van der Waals surface area (Å²) >= 11 is 12.3. The van der Waals surface area contributed by atoms with Gasteiger partial charge in [0.05, 0.1) is 27.4 Å². The van der Waals surface area contributed by atoms with Gasteiger partial charge in [-0.1, -0.05) is 59.6 Å². The topological polar surface area (TPSA) is 67.3 Å². The fourth-order valence-corrected chi connectivity index (χ4v) is 6.32. The molecule has 1 aromatic heterocycles. The number of carbonyl (C=O) groups is 1. The average Bonchev–Trinajstić information content (AvgIpc) is 2.81. The standard InChI is InChI=1S/C25H24Cl2N2O3S/c1-17-14-21(27)24(15-20(17)26)33(31,32)16-19-10-7-11-22(28-19)25(30)29-13-6-5-12-23(29)18-8-3-2-4-9-18/h2-4,7-11,14-15,23H,5-6,12-13,16H2,1H3. The van der Waals surface area contributed by atoms with Crippen LogP contribution in [-0.2, 0) is 15.6 Å². The third kappa shape index (κ3) is 5.24. The number of halogens is 2. The Bertz CT molecular complexity index is 1280. The van der Waals surface area contributed by atoms with E-state index in [1.807, 2.05) is 35.2 Å². The van der Waals surface area contributed by atoms with Crippen molar-refractivity contribution in [2.24, 2.45) is 0 Å². The third-order valence-corrected chi connectivity index (χ3v) is 8.38. The molecule has 1 amide bonds. The highest BCUT2D eigenvalue weighted by Crippen LogP contribution is 2.32. The number of amides is 1. The van der Waals surface area contributed by atoms with Crippen LogP contribution in [0.25, 0.3) is 0 Å². The zero-order valence-electron chi connectivity index (χ0n) is 18.2. The summed E-state index contributed by atoms with van der Waals surface area (Å²) in [5.41, 5.74) is 2.30. The van der Waals surface area contributed by atoms with E-state index in [0.717, 1.165) is 24.8 Å². The first-order valence-corrected chi connectivity index (χ1v) is 13.2. The molecule has 0 N–H and O–H groups in total. The molecule has 1 aliphatic heterocycles. The number of hydrogen-bond donors (Lipinski definition) is 0. The molecule has 0 spiro atoms. The monoisotopic (exact) mass is 502 g/mol. The van der Waals surface area contributed by atoms with Crippen LogP contribution < -0.4 is 0 Å². The Hall–Kier alpha value is -2.41. The zero-order chi connectivity index (χ0) is 23.6. The second-order valence-corrected chi connectivity index (χ2v) is 11.0. The van der Waals surface area contributed by atoms with Crippen LogP contribution in [0.4, 0.5) is 0 Å². The van der Waals surface area contributed by atoms with Gasteiger partial charge in [-0.25, -0.2) is 13.4 Å². The van der Waals surface area contributed by atoms with Gasteiger partial charge in [-0.2, -0.15) is 0 Å². The van der Waals surface area contributed by atoms with Crippen molar-refractivity contribution in [3.8, 4) is 0 Å². The number of aryl methyl sites for hydroxylation is 1. The van der Waals surface area contributed by atoms with Crippen LogP contribution in [0.2, 0.25) is 10.0 Å². The van der Waals surface area contributed by atoms with Gasteiger partial charge in [0.2, 0.25) is 0 Å². The van der Waals surface area contributed by atoms with E-state index in [0.29, 0.717) is 17.1 Å². The quantitative estimate of drug-likeness (QED) is 0.426. The molecule has 1 saturated heterocycles. The fourth-order valence-electron chi connectivity index (χ4n) is 4.16. The highest BCUT2D eigenvalue weighted by Gasteiger charge is 2.30. The second-order valence-electron chi connectivity index (χ2n) is 8.23. The van der Waals surface area contributed by atoms with E-state index in [4.69, 9.17) is 23.2 Å². The summed E-state index contributed by atoms with van der Waals surface area (Å²) < 4.78 is 26.1. The van der Waals surface area contributed by atoms with Gasteiger partial charge in [0, 0.05) is 11.6 Å². The lowest BCUT2D eigenvalue weighted by atomic mass is 9.95. The lowest BCUT2D eigenvalue weighted by molar-refractivity contribution is 0.0605. The van der Waals surface area contributed by atoms with Crippen molar-refractivity contribution in [3.05, 3.63) is 93.2 Å². The molecule has 1 fully saturated rings. The SMILES string of the molecule is Cc1cc(Cl)c(S(=O)(=O)Cc2cccc(C(=O)N3CCCCC3c3ccccc3)n2)cc1Cl. The number of rotatable bonds is 5. The first-order valence-electron chi connectivity index (χ1n) is 10.8. The first-order chi connectivity index (χ1) is 15.8. The van der Waals surface area contributed by atoms with Gasteiger partial charge in [-0.05, 0) is 61.6 Å². The Balaban J connectivity index is 1.60. The molecule has 1 unspecified atom stereocenters. The molecule has 3 aromatic rings. The molecule has 172 valence electrons. The van der Waals surface area contributed by atoms with Gasteiger partial charge in [0.15, 0.2) is 9.84 Å². The number of likely N-dealkylation sites (tertiary alicyclic amines) is 1. The molecule has 0 bridgehead atoms. The molecule has 4 rings (SSSR count). The summed E-state index contributed by atoms with van der Waals surface area (Å²) in [6.45, 7) is 2.39. The number of pyridine rings is 1. The molecule has 0 aliphatic carbocycles. The number of nitrogens with zero attached hydrogens (tertiary/aromatic N) is 2. The molecule has 2 heterocycles. The Kier molecular flexibility index (Phi) is 7.07. The lowest BCUT2D eigenvalue weighted by Gasteiger charge is -2.36. The summed E-state index contributed by atoms with van der Waals surface area (Å²) in [6, 6.07) is 17.7. The number of carbonyl (C=O) groups excluding carboxylic acids is 1. The van der Waals surface area contributed by atoms with Crippen molar-refractivity contribution in [2.45, 2.75) is 42.9 Å². The van der Waals surface area contributed by atoms with Gasteiger partial charge in [-0.3, -0.25) is 4.79 Å². The van der Waals surface area contributed by atoms with Crippen LogP contribution in [0.1, 0.15) is 52.6 Å². The van der Waals surface area contributed by atoms with E-state index in [2.05, 4.69) is 4.98 Å². The third-order valence-electron chi connectivity index (χ3n) is 5.86. The van der Waals surface area contributed by atoms with Crippen molar-refractivity contribution in [1.82, 2.24) is 9.88 Å². The first kappa shape index (κ1) is 23.7. The maximum Gasteiger partial charge on any atom is 0.272 e. The van der Waals surface area contributed by atoms with Crippen LogP contribution in [0.5, 0.6) is 0 Å². The molecule has 0 radical (unpaired) electrons. The smallest absolute Gasteiger partial charge is 0.272 e. The molecular weight excluding hydrogens is 479 g/mol. The van der Waals surface area contributed by atoms with Gasteiger partial charge >= 0.3 is 0 Å². The van der Waals surface area contributed by atoms with Crippen molar-refractivity contribution in [2.75, 3.05) is 6.54 Å². The maximum absolute atomic E-state index is 13.4. The number of sulfone groups is 1. The van der Waals surface area contributed by atoms with Crippen LogP contribution in [0.3, 0.4) is 0 Å². The van der Waals surface area contributed by atoms with Crippen LogP contribution in [0, 0.1) is 6.92 Å².